The molecule has 0 saturated carbocycles. The molecule has 9 heteroatoms. The fraction of sp³-hybridized carbons (Fsp3) is 0.476. The minimum Gasteiger partial charge on any atom is -0.451 e. The van der Waals surface area contributed by atoms with E-state index in [1.165, 1.54) is 30.7 Å². The van der Waals surface area contributed by atoms with E-state index in [0.717, 1.165) is 0 Å². The molecule has 0 aliphatic carbocycles. The Bertz CT molecular complexity index is 879. The lowest BCUT2D eigenvalue weighted by Gasteiger charge is -2.33. The lowest BCUT2D eigenvalue weighted by Crippen LogP contribution is -2.46. The van der Waals surface area contributed by atoms with Crippen LogP contribution >= 0.6 is 0 Å². The normalized spacial score (nSPS) is 16.6. The van der Waals surface area contributed by atoms with Crippen LogP contribution in [-0.4, -0.2) is 65.7 Å². The van der Waals surface area contributed by atoms with Crippen molar-refractivity contribution in [2.45, 2.75) is 32.9 Å². The molecule has 1 amide bonds. The Morgan fingerprint density at radius 2 is 2.23 bits per heavy atom. The van der Waals surface area contributed by atoms with E-state index in [0.29, 0.717) is 44.4 Å². The number of ether oxygens (including phenoxy) is 2. The van der Waals surface area contributed by atoms with E-state index in [4.69, 9.17) is 15.2 Å². The van der Waals surface area contributed by atoms with Crippen LogP contribution < -0.4 is 15.4 Å². The number of aromatic nitrogens is 2. The van der Waals surface area contributed by atoms with Gasteiger partial charge in [-0.1, -0.05) is 0 Å². The highest BCUT2D eigenvalue weighted by atomic mass is 19.1. The summed E-state index contributed by atoms with van der Waals surface area (Å²) in [5.74, 6) is 0.401. The molecule has 8 nitrogen and oxygen atoms in total. The van der Waals surface area contributed by atoms with Gasteiger partial charge in [0.15, 0.2) is 11.6 Å². The van der Waals surface area contributed by atoms with Gasteiger partial charge in [0.1, 0.15) is 17.9 Å². The zero-order chi connectivity index (χ0) is 21.7. The molecule has 1 atom stereocenters. The van der Waals surface area contributed by atoms with Crippen molar-refractivity contribution in [3.63, 3.8) is 0 Å². The van der Waals surface area contributed by atoms with Gasteiger partial charge in [-0.2, -0.15) is 0 Å². The zero-order valence-electron chi connectivity index (χ0n) is 17.5. The number of carbonyl (C=O) groups excluding carboxylic acids is 1. The largest absolute Gasteiger partial charge is 0.451 e. The minimum atomic E-state index is -0.506. The highest BCUT2D eigenvalue weighted by molar-refractivity contribution is 5.97. The van der Waals surface area contributed by atoms with Gasteiger partial charge >= 0.3 is 0 Å². The summed E-state index contributed by atoms with van der Waals surface area (Å²) in [7, 11) is 0. The first-order chi connectivity index (χ1) is 14.4. The quantitative estimate of drug-likeness (QED) is 0.739. The molecule has 3 rings (SSSR count). The van der Waals surface area contributed by atoms with Gasteiger partial charge in [0.05, 0.1) is 24.5 Å². The first-order valence-electron chi connectivity index (χ1n) is 10.1. The van der Waals surface area contributed by atoms with Gasteiger partial charge in [0, 0.05) is 32.2 Å². The van der Waals surface area contributed by atoms with Crippen LogP contribution in [0.25, 0.3) is 0 Å². The number of benzene rings is 1. The van der Waals surface area contributed by atoms with Gasteiger partial charge in [0.25, 0.3) is 5.91 Å². The lowest BCUT2D eigenvalue weighted by atomic mass is 10.1. The summed E-state index contributed by atoms with van der Waals surface area (Å²) in [5, 5.41) is 0. The molecule has 162 valence electrons. The zero-order valence-corrected chi connectivity index (χ0v) is 17.5. The van der Waals surface area contributed by atoms with E-state index in [-0.39, 0.29) is 29.4 Å². The minimum absolute atomic E-state index is 0.0317. The smallest absolute Gasteiger partial charge is 0.257 e. The van der Waals surface area contributed by atoms with Gasteiger partial charge in [-0.25, -0.2) is 14.4 Å². The van der Waals surface area contributed by atoms with E-state index >= 15 is 0 Å². The van der Waals surface area contributed by atoms with Gasteiger partial charge < -0.3 is 25.0 Å². The maximum atomic E-state index is 14.0. The number of amides is 1. The van der Waals surface area contributed by atoms with E-state index in [1.54, 1.807) is 4.90 Å². The molecule has 2 aromatic rings. The first-order valence-corrected chi connectivity index (χ1v) is 10.1. The van der Waals surface area contributed by atoms with Crippen molar-refractivity contribution in [1.82, 2.24) is 14.9 Å². The third kappa shape index (κ3) is 4.85. The van der Waals surface area contributed by atoms with Gasteiger partial charge in [0.2, 0.25) is 0 Å². The van der Waals surface area contributed by atoms with Gasteiger partial charge in [-0.3, -0.25) is 4.79 Å². The molecule has 0 spiro atoms. The summed E-state index contributed by atoms with van der Waals surface area (Å²) in [6.07, 6.45) is 2.87. The standard InChI is InChI=1S/C21H28FN5O3/c1-4-27(14(2)3)21(28)17-9-15(22)5-6-18(17)30-19-11-24-13-25-20(19)26-7-8-29-16(10-23)12-26/h5-6,9,11,13-14,16H,4,7-8,10,12,23H2,1-3H3/t16-/m0/s1. The Labute approximate surface area is 175 Å². The molecule has 0 bridgehead atoms. The summed E-state index contributed by atoms with van der Waals surface area (Å²) in [4.78, 5) is 25.1. The number of hydrogen-bond donors (Lipinski definition) is 1. The fourth-order valence-corrected chi connectivity index (χ4v) is 3.45. The summed E-state index contributed by atoms with van der Waals surface area (Å²) in [6, 6.07) is 3.89. The highest BCUT2D eigenvalue weighted by Crippen LogP contribution is 2.33. The second-order valence-corrected chi connectivity index (χ2v) is 7.31. The van der Waals surface area contributed by atoms with Crippen LogP contribution in [0.4, 0.5) is 10.2 Å². The fourth-order valence-electron chi connectivity index (χ4n) is 3.45. The SMILES string of the molecule is CCN(C(=O)c1cc(F)ccc1Oc1cncnc1N1CCO[C@@H](CN)C1)C(C)C. The number of rotatable bonds is 7. The van der Waals surface area contributed by atoms with Crippen molar-refractivity contribution in [2.75, 3.05) is 37.7 Å². The summed E-state index contributed by atoms with van der Waals surface area (Å²) in [5.41, 5.74) is 5.90. The molecule has 2 N–H and O–H groups in total. The lowest BCUT2D eigenvalue weighted by molar-refractivity contribution is 0.0461. The Kier molecular flexibility index (Phi) is 7.17. The number of morpholine rings is 1. The van der Waals surface area contributed by atoms with Crippen LogP contribution in [-0.2, 0) is 4.74 Å². The molecular formula is C21H28FN5O3. The topological polar surface area (TPSA) is 93.8 Å². The van der Waals surface area contributed by atoms with Crippen molar-refractivity contribution in [1.29, 1.82) is 0 Å². The number of nitrogens with zero attached hydrogens (tertiary/aromatic N) is 4. The summed E-state index contributed by atoms with van der Waals surface area (Å²) < 4.78 is 25.7. The maximum absolute atomic E-state index is 14.0. The van der Waals surface area contributed by atoms with Crippen LogP contribution in [0.2, 0.25) is 0 Å². The van der Waals surface area contributed by atoms with E-state index < -0.39 is 5.82 Å². The number of halogens is 1. The van der Waals surface area contributed by atoms with Crippen molar-refractivity contribution >= 4 is 11.7 Å². The number of nitrogens with two attached hydrogens (primary N) is 1. The third-order valence-corrected chi connectivity index (χ3v) is 4.98. The monoisotopic (exact) mass is 417 g/mol. The molecule has 1 fully saturated rings. The predicted molar refractivity (Wildman–Crippen MR) is 111 cm³/mol. The molecule has 1 saturated heterocycles. The molecule has 0 unspecified atom stereocenters. The van der Waals surface area contributed by atoms with Crippen LogP contribution in [0.1, 0.15) is 31.1 Å². The van der Waals surface area contributed by atoms with Crippen molar-refractivity contribution < 1.29 is 18.7 Å². The van der Waals surface area contributed by atoms with Crippen LogP contribution in [0.5, 0.6) is 11.5 Å². The predicted octanol–water partition coefficient (Wildman–Crippen LogP) is 2.44. The van der Waals surface area contributed by atoms with Crippen molar-refractivity contribution in [3.8, 4) is 11.5 Å². The Balaban J connectivity index is 1.93. The summed E-state index contributed by atoms with van der Waals surface area (Å²) in [6.45, 7) is 8.31. The molecule has 30 heavy (non-hydrogen) atoms. The van der Waals surface area contributed by atoms with Crippen LogP contribution in [0, 0.1) is 5.82 Å². The number of carbonyl (C=O) groups is 1. The molecule has 1 aromatic carbocycles. The van der Waals surface area contributed by atoms with E-state index in [1.807, 2.05) is 25.7 Å². The van der Waals surface area contributed by atoms with Crippen molar-refractivity contribution in [2.24, 2.45) is 5.73 Å². The number of anilines is 1. The first kappa shape index (κ1) is 21.9. The second-order valence-electron chi connectivity index (χ2n) is 7.31. The van der Waals surface area contributed by atoms with Crippen LogP contribution in [0.15, 0.2) is 30.7 Å². The Morgan fingerprint density at radius 1 is 1.43 bits per heavy atom. The third-order valence-electron chi connectivity index (χ3n) is 4.98. The van der Waals surface area contributed by atoms with Crippen LogP contribution in [0.3, 0.4) is 0 Å². The average Bonchev–Trinajstić information content (AvgIpc) is 2.75. The molecular weight excluding hydrogens is 389 g/mol. The van der Waals surface area contributed by atoms with Gasteiger partial charge in [-0.05, 0) is 39.0 Å². The summed E-state index contributed by atoms with van der Waals surface area (Å²) >= 11 is 0. The second kappa shape index (κ2) is 9.82. The van der Waals surface area contributed by atoms with Gasteiger partial charge in [-0.15, -0.1) is 0 Å². The van der Waals surface area contributed by atoms with E-state index in [2.05, 4.69) is 9.97 Å². The number of hydrogen-bond acceptors (Lipinski definition) is 7. The van der Waals surface area contributed by atoms with Crippen molar-refractivity contribution in [3.05, 3.63) is 42.1 Å². The average molecular weight is 417 g/mol. The molecule has 1 aliphatic rings. The maximum Gasteiger partial charge on any atom is 0.257 e. The Morgan fingerprint density at radius 3 is 2.93 bits per heavy atom. The highest BCUT2D eigenvalue weighted by Gasteiger charge is 2.26. The molecule has 0 radical (unpaired) electrons. The Hall–Kier alpha value is -2.78. The van der Waals surface area contributed by atoms with E-state index in [9.17, 15) is 9.18 Å². The molecule has 1 aromatic heterocycles. The molecule has 2 heterocycles. The molecule has 1 aliphatic heterocycles.